The summed E-state index contributed by atoms with van der Waals surface area (Å²) < 4.78 is 3.52. The van der Waals surface area contributed by atoms with Crippen LogP contribution in [-0.4, -0.2) is 14.1 Å². The zero-order chi connectivity index (χ0) is 20.7. The molecule has 5 rings (SSSR count). The molecule has 0 spiro atoms. The number of aromatic nitrogens is 3. The van der Waals surface area contributed by atoms with Gasteiger partial charge in [0.05, 0.1) is 16.9 Å². The van der Waals surface area contributed by atoms with Crippen molar-refractivity contribution in [2.45, 2.75) is 6.92 Å². The van der Waals surface area contributed by atoms with Crippen LogP contribution in [0.2, 0.25) is 5.15 Å². The number of para-hydroxylation sites is 2. The number of fused-ring (bicyclic) bond motifs is 1. The monoisotopic (exact) mass is 411 g/mol. The molecule has 4 nitrogen and oxygen atoms in total. The molecule has 0 saturated heterocycles. The molecular formula is C25H18ClN3O. The minimum atomic E-state index is -0.221. The van der Waals surface area contributed by atoms with Crippen LogP contribution in [0, 0.1) is 6.92 Å². The van der Waals surface area contributed by atoms with E-state index in [1.807, 2.05) is 89.5 Å². The fourth-order valence-electron chi connectivity index (χ4n) is 3.80. The van der Waals surface area contributed by atoms with Gasteiger partial charge in [0.15, 0.2) is 5.15 Å². The highest BCUT2D eigenvalue weighted by molar-refractivity contribution is 6.30. The Balaban J connectivity index is 1.89. The van der Waals surface area contributed by atoms with Crippen molar-refractivity contribution in [1.82, 2.24) is 14.1 Å². The van der Waals surface area contributed by atoms with E-state index in [0.717, 1.165) is 27.8 Å². The molecule has 5 aromatic rings. The van der Waals surface area contributed by atoms with E-state index in [1.165, 1.54) is 0 Å². The summed E-state index contributed by atoms with van der Waals surface area (Å²) in [6, 6.07) is 29.5. The van der Waals surface area contributed by atoms with Gasteiger partial charge in [0, 0.05) is 11.1 Å². The maximum absolute atomic E-state index is 13.7. The van der Waals surface area contributed by atoms with E-state index >= 15 is 0 Å². The van der Waals surface area contributed by atoms with E-state index in [-0.39, 0.29) is 11.4 Å². The molecule has 0 radical (unpaired) electrons. The lowest BCUT2D eigenvalue weighted by Gasteiger charge is -2.16. The van der Waals surface area contributed by atoms with Crippen LogP contribution in [0.15, 0.2) is 95.8 Å². The second kappa shape index (κ2) is 7.32. The summed E-state index contributed by atoms with van der Waals surface area (Å²) in [5.41, 5.74) is 3.93. The lowest BCUT2D eigenvalue weighted by atomic mass is 10.1. The molecule has 3 aromatic carbocycles. The number of hydrogen-bond acceptors (Lipinski definition) is 2. The van der Waals surface area contributed by atoms with Crippen LogP contribution in [0.4, 0.5) is 0 Å². The molecule has 0 atom stereocenters. The molecule has 0 fully saturated rings. The zero-order valence-electron chi connectivity index (χ0n) is 16.3. The van der Waals surface area contributed by atoms with E-state index in [4.69, 9.17) is 11.6 Å². The molecule has 2 heterocycles. The van der Waals surface area contributed by atoms with Gasteiger partial charge in [-0.1, -0.05) is 78.3 Å². The molecule has 0 unspecified atom stereocenters. The molecular weight excluding hydrogens is 394 g/mol. The van der Waals surface area contributed by atoms with Crippen LogP contribution in [0.1, 0.15) is 5.69 Å². The summed E-state index contributed by atoms with van der Waals surface area (Å²) in [4.78, 5) is 18.2. The molecule has 0 aliphatic carbocycles. The average molecular weight is 412 g/mol. The Morgan fingerprint density at radius 3 is 2.17 bits per heavy atom. The lowest BCUT2D eigenvalue weighted by molar-refractivity contribution is 0.865. The number of halogens is 1. The minimum absolute atomic E-state index is 0.221. The molecule has 0 bridgehead atoms. The van der Waals surface area contributed by atoms with Gasteiger partial charge in [0.1, 0.15) is 0 Å². The van der Waals surface area contributed by atoms with Gasteiger partial charge in [0.25, 0.3) is 5.56 Å². The van der Waals surface area contributed by atoms with Gasteiger partial charge in [-0.2, -0.15) is 0 Å². The van der Waals surface area contributed by atoms with Crippen LogP contribution in [0.3, 0.4) is 0 Å². The maximum Gasteiger partial charge on any atom is 0.299 e. The quantitative estimate of drug-likeness (QED) is 0.376. The summed E-state index contributed by atoms with van der Waals surface area (Å²) in [7, 11) is 0. The van der Waals surface area contributed by atoms with Gasteiger partial charge in [-0.3, -0.25) is 13.9 Å². The standard InChI is InChI=1S/C25H18ClN3O/c1-17-23(26)27-24(25(30)28(17)20-13-6-3-7-14-20)29-21-15-9-8-12-19(21)16-22(29)18-10-4-2-5-11-18/h2-16H,1H3. The number of hydrogen-bond donors (Lipinski definition) is 0. The van der Waals surface area contributed by atoms with Crippen molar-refractivity contribution in [3.63, 3.8) is 0 Å². The first-order chi connectivity index (χ1) is 14.6. The predicted octanol–water partition coefficient (Wildman–Crippen LogP) is 5.81. The van der Waals surface area contributed by atoms with Gasteiger partial charge >= 0.3 is 0 Å². The Kier molecular flexibility index (Phi) is 4.49. The maximum atomic E-state index is 13.7. The van der Waals surface area contributed by atoms with Crippen LogP contribution in [0.5, 0.6) is 0 Å². The van der Waals surface area contributed by atoms with Crippen molar-refractivity contribution in [3.8, 4) is 22.8 Å². The third kappa shape index (κ3) is 2.93. The van der Waals surface area contributed by atoms with Crippen molar-refractivity contribution in [1.29, 1.82) is 0 Å². The second-order valence-corrected chi connectivity index (χ2v) is 7.44. The zero-order valence-corrected chi connectivity index (χ0v) is 17.0. The first-order valence-corrected chi connectivity index (χ1v) is 10.0. The van der Waals surface area contributed by atoms with E-state index < -0.39 is 0 Å². The molecule has 5 heteroatoms. The van der Waals surface area contributed by atoms with E-state index in [1.54, 1.807) is 11.5 Å². The SMILES string of the molecule is Cc1c(Cl)nc(-n2c(-c3ccccc3)cc3ccccc32)c(=O)n1-c1ccccc1. The average Bonchev–Trinajstić information content (AvgIpc) is 3.17. The number of nitrogens with zero attached hydrogens (tertiary/aromatic N) is 3. The Morgan fingerprint density at radius 1 is 0.800 bits per heavy atom. The normalized spacial score (nSPS) is 11.1. The molecule has 0 aliphatic rings. The molecule has 146 valence electrons. The van der Waals surface area contributed by atoms with Crippen molar-refractivity contribution in [2.24, 2.45) is 0 Å². The Labute approximate surface area is 178 Å². The smallest absolute Gasteiger partial charge is 0.289 e. The van der Waals surface area contributed by atoms with Gasteiger partial charge < -0.3 is 0 Å². The summed E-state index contributed by atoms with van der Waals surface area (Å²) in [5, 5.41) is 1.32. The molecule has 0 N–H and O–H groups in total. The number of benzene rings is 3. The Bertz CT molecular complexity index is 1420. The van der Waals surface area contributed by atoms with Crippen LogP contribution in [0.25, 0.3) is 33.7 Å². The van der Waals surface area contributed by atoms with Crippen molar-refractivity contribution in [3.05, 3.63) is 112 Å². The summed E-state index contributed by atoms with van der Waals surface area (Å²) in [5.74, 6) is 0.273. The van der Waals surface area contributed by atoms with Crippen molar-refractivity contribution in [2.75, 3.05) is 0 Å². The molecule has 0 amide bonds. The predicted molar refractivity (Wildman–Crippen MR) is 122 cm³/mol. The number of rotatable bonds is 3. The first-order valence-electron chi connectivity index (χ1n) is 9.66. The fraction of sp³-hybridized carbons (Fsp3) is 0.0400. The van der Waals surface area contributed by atoms with Crippen molar-refractivity contribution < 1.29 is 0 Å². The molecule has 30 heavy (non-hydrogen) atoms. The lowest BCUT2D eigenvalue weighted by Crippen LogP contribution is -2.27. The van der Waals surface area contributed by atoms with Crippen LogP contribution in [-0.2, 0) is 0 Å². The molecule has 2 aromatic heterocycles. The third-order valence-electron chi connectivity index (χ3n) is 5.24. The fourth-order valence-corrected chi connectivity index (χ4v) is 3.97. The Hall–Kier alpha value is -3.63. The van der Waals surface area contributed by atoms with Crippen molar-refractivity contribution >= 4 is 22.5 Å². The highest BCUT2D eigenvalue weighted by atomic mass is 35.5. The van der Waals surface area contributed by atoms with Gasteiger partial charge in [-0.15, -0.1) is 0 Å². The summed E-state index contributed by atoms with van der Waals surface area (Å²) in [6.07, 6.45) is 0. The van der Waals surface area contributed by atoms with E-state index in [0.29, 0.717) is 10.8 Å². The van der Waals surface area contributed by atoms with E-state index in [2.05, 4.69) is 11.1 Å². The summed E-state index contributed by atoms with van der Waals surface area (Å²) in [6.45, 7) is 1.80. The summed E-state index contributed by atoms with van der Waals surface area (Å²) >= 11 is 6.52. The van der Waals surface area contributed by atoms with Gasteiger partial charge in [-0.05, 0) is 36.8 Å². The topological polar surface area (TPSA) is 39.8 Å². The molecule has 0 saturated carbocycles. The van der Waals surface area contributed by atoms with Crippen LogP contribution >= 0.6 is 11.6 Å². The van der Waals surface area contributed by atoms with Crippen LogP contribution < -0.4 is 5.56 Å². The minimum Gasteiger partial charge on any atom is -0.289 e. The first kappa shape index (κ1) is 18.4. The largest absolute Gasteiger partial charge is 0.299 e. The van der Waals surface area contributed by atoms with Gasteiger partial charge in [0.2, 0.25) is 5.82 Å². The Morgan fingerprint density at radius 2 is 1.43 bits per heavy atom. The van der Waals surface area contributed by atoms with E-state index in [9.17, 15) is 4.79 Å². The highest BCUT2D eigenvalue weighted by Gasteiger charge is 2.20. The van der Waals surface area contributed by atoms with Gasteiger partial charge in [-0.25, -0.2) is 4.98 Å². The molecule has 0 aliphatic heterocycles. The second-order valence-electron chi connectivity index (χ2n) is 7.08. The third-order valence-corrected chi connectivity index (χ3v) is 5.60. The highest BCUT2D eigenvalue weighted by Crippen LogP contribution is 2.30.